The molecule has 0 radical (unpaired) electrons. The minimum absolute atomic E-state index is 0.0791. The smallest absolute Gasteiger partial charge is 0.311 e. The first-order valence-electron chi connectivity index (χ1n) is 13.9. The molecule has 1 N–H and O–H groups in total. The van der Waals surface area contributed by atoms with Crippen molar-refractivity contribution in [3.63, 3.8) is 0 Å². The molecule has 6 nitrogen and oxygen atoms in total. The number of ether oxygens (including phenoxy) is 1. The zero-order valence-electron chi connectivity index (χ0n) is 23.6. The number of rotatable bonds is 11. The van der Waals surface area contributed by atoms with E-state index in [0.29, 0.717) is 24.2 Å². The predicted molar refractivity (Wildman–Crippen MR) is 146 cm³/mol. The molecule has 4 rings (SSSR count). The fourth-order valence-corrected chi connectivity index (χ4v) is 6.12. The van der Waals surface area contributed by atoms with Crippen LogP contribution in [0.25, 0.3) is 0 Å². The van der Waals surface area contributed by atoms with Gasteiger partial charge in [-0.2, -0.15) is 0 Å². The van der Waals surface area contributed by atoms with Crippen LogP contribution in [-0.2, 0) is 14.3 Å². The first kappa shape index (κ1) is 27.4. The number of hydrogen-bond acceptors (Lipinski definition) is 5. The van der Waals surface area contributed by atoms with Gasteiger partial charge in [-0.25, -0.2) is 0 Å². The van der Waals surface area contributed by atoms with Crippen molar-refractivity contribution in [3.8, 4) is 0 Å². The molecule has 2 saturated carbocycles. The molecule has 1 amide bonds. The molecule has 0 bridgehead atoms. The quantitative estimate of drug-likeness (QED) is 0.320. The van der Waals surface area contributed by atoms with E-state index in [1.54, 1.807) is 0 Å². The molecule has 2 fully saturated rings. The first-order valence-corrected chi connectivity index (χ1v) is 13.9. The molecule has 1 unspecified atom stereocenters. The molecule has 0 aliphatic heterocycles. The van der Waals surface area contributed by atoms with Crippen molar-refractivity contribution in [2.24, 2.45) is 17.3 Å². The summed E-state index contributed by atoms with van der Waals surface area (Å²) in [6.45, 7) is 12.4. The molecule has 1 heterocycles. The number of carbonyl (C=O) groups is 2. The van der Waals surface area contributed by atoms with Crippen molar-refractivity contribution >= 4 is 17.6 Å². The van der Waals surface area contributed by atoms with Gasteiger partial charge >= 0.3 is 5.97 Å². The Balaban J connectivity index is 1.59. The van der Waals surface area contributed by atoms with Crippen LogP contribution in [0.1, 0.15) is 119 Å². The first-order chi connectivity index (χ1) is 17.5. The van der Waals surface area contributed by atoms with Gasteiger partial charge in [0.25, 0.3) is 0 Å². The summed E-state index contributed by atoms with van der Waals surface area (Å²) in [6.07, 6.45) is 6.52. The second-order valence-corrected chi connectivity index (χ2v) is 12.6. The van der Waals surface area contributed by atoms with Gasteiger partial charge in [0.05, 0.1) is 18.2 Å². The lowest BCUT2D eigenvalue weighted by atomic mass is 9.69. The van der Waals surface area contributed by atoms with Crippen molar-refractivity contribution in [1.29, 1.82) is 0 Å². The van der Waals surface area contributed by atoms with Crippen LogP contribution in [0.5, 0.6) is 0 Å². The molecule has 0 spiro atoms. The Morgan fingerprint density at radius 3 is 2.46 bits per heavy atom. The van der Waals surface area contributed by atoms with E-state index >= 15 is 0 Å². The zero-order valence-corrected chi connectivity index (χ0v) is 23.6. The maximum Gasteiger partial charge on any atom is 0.311 e. The van der Waals surface area contributed by atoms with Crippen LogP contribution in [0.3, 0.4) is 0 Å². The van der Waals surface area contributed by atoms with Gasteiger partial charge < -0.3 is 14.6 Å². The van der Waals surface area contributed by atoms with Gasteiger partial charge in [0.2, 0.25) is 5.91 Å². The number of amides is 1. The number of hydrogen-bond donors (Lipinski definition) is 1. The highest BCUT2D eigenvalue weighted by atomic mass is 16.5. The maximum atomic E-state index is 13.3. The summed E-state index contributed by atoms with van der Waals surface area (Å²) in [5.74, 6) is 2.77. The van der Waals surface area contributed by atoms with Crippen LogP contribution >= 0.6 is 0 Å². The average Bonchev–Trinajstić information content (AvgIpc) is 3.54. The van der Waals surface area contributed by atoms with E-state index in [4.69, 9.17) is 9.26 Å². The number of methoxy groups -OCH3 is 1. The minimum Gasteiger partial charge on any atom is -0.469 e. The number of carbonyl (C=O) groups excluding carboxylic acids is 2. The third-order valence-corrected chi connectivity index (χ3v) is 8.15. The summed E-state index contributed by atoms with van der Waals surface area (Å²) in [4.78, 5) is 25.9. The van der Waals surface area contributed by atoms with Crippen molar-refractivity contribution in [2.75, 3.05) is 12.4 Å². The Hall–Kier alpha value is -2.63. The molecule has 37 heavy (non-hydrogen) atoms. The third kappa shape index (κ3) is 6.45. The van der Waals surface area contributed by atoms with Crippen molar-refractivity contribution in [2.45, 2.75) is 104 Å². The number of anilines is 1. The van der Waals surface area contributed by atoms with Crippen LogP contribution in [-0.4, -0.2) is 24.1 Å². The number of aromatic nitrogens is 1. The van der Waals surface area contributed by atoms with Crippen LogP contribution in [0, 0.1) is 31.1 Å². The van der Waals surface area contributed by atoms with Crippen molar-refractivity contribution < 1.29 is 18.8 Å². The molecule has 1 atom stereocenters. The predicted octanol–water partition coefficient (Wildman–Crippen LogP) is 7.41. The summed E-state index contributed by atoms with van der Waals surface area (Å²) in [5.41, 5.74) is 4.34. The molecular formula is C31H44N2O4. The van der Waals surface area contributed by atoms with Crippen molar-refractivity contribution in [3.05, 3.63) is 46.3 Å². The van der Waals surface area contributed by atoms with Gasteiger partial charge in [-0.05, 0) is 95.6 Å². The lowest BCUT2D eigenvalue weighted by Gasteiger charge is -2.35. The fraction of sp³-hybridized carbons (Fsp3) is 0.645. The zero-order chi connectivity index (χ0) is 26.9. The number of nitrogens with zero attached hydrogens (tertiary/aromatic N) is 1. The largest absolute Gasteiger partial charge is 0.469 e. The van der Waals surface area contributed by atoms with E-state index in [1.165, 1.54) is 19.1 Å². The summed E-state index contributed by atoms with van der Waals surface area (Å²) < 4.78 is 11.2. The van der Waals surface area contributed by atoms with Gasteiger partial charge in [-0.1, -0.05) is 36.7 Å². The molecule has 202 valence electrons. The Morgan fingerprint density at radius 1 is 1.16 bits per heavy atom. The summed E-state index contributed by atoms with van der Waals surface area (Å²) in [7, 11) is 1.42. The van der Waals surface area contributed by atoms with Crippen LogP contribution in [0.15, 0.2) is 22.7 Å². The van der Waals surface area contributed by atoms with Gasteiger partial charge in [0, 0.05) is 29.5 Å². The third-order valence-electron chi connectivity index (χ3n) is 8.15. The highest BCUT2D eigenvalue weighted by Crippen LogP contribution is 2.53. The average molecular weight is 509 g/mol. The molecule has 2 aliphatic rings. The molecule has 0 saturated heterocycles. The van der Waals surface area contributed by atoms with Crippen molar-refractivity contribution in [1.82, 2.24) is 5.16 Å². The topological polar surface area (TPSA) is 81.4 Å². The van der Waals surface area contributed by atoms with Crippen LogP contribution in [0.4, 0.5) is 5.69 Å². The highest BCUT2D eigenvalue weighted by Gasteiger charge is 2.43. The lowest BCUT2D eigenvalue weighted by Crippen LogP contribution is -2.29. The Labute approximate surface area is 221 Å². The number of aryl methyl sites for hydroxylation is 2. The number of benzene rings is 1. The second-order valence-electron chi connectivity index (χ2n) is 12.6. The summed E-state index contributed by atoms with van der Waals surface area (Å²) in [6, 6.07) is 6.01. The minimum atomic E-state index is -0.752. The molecule has 2 aliphatic carbocycles. The van der Waals surface area contributed by atoms with E-state index in [2.05, 4.69) is 30.4 Å². The molecular weight excluding hydrogens is 464 g/mol. The molecule has 6 heteroatoms. The van der Waals surface area contributed by atoms with E-state index in [1.807, 2.05) is 39.8 Å². The van der Waals surface area contributed by atoms with Gasteiger partial charge in [0.1, 0.15) is 5.76 Å². The van der Waals surface area contributed by atoms with Crippen LogP contribution < -0.4 is 5.32 Å². The van der Waals surface area contributed by atoms with E-state index < -0.39 is 5.41 Å². The van der Waals surface area contributed by atoms with E-state index in [-0.39, 0.29) is 24.2 Å². The highest BCUT2D eigenvalue weighted by molar-refractivity contribution is 5.92. The Kier molecular flexibility index (Phi) is 8.15. The number of nitrogens with one attached hydrogen (secondary N) is 1. The van der Waals surface area contributed by atoms with Gasteiger partial charge in [-0.15, -0.1) is 0 Å². The summed E-state index contributed by atoms with van der Waals surface area (Å²) in [5, 5.41) is 7.71. The standard InChI is InChI=1S/C31H44N2O4/c1-18(2)12-21-14-23(15-21)29-27(22-9-10-22)28(33-37-29)24(17-31(5,6)30(35)36-7)16-26(34)32-25-11-8-19(3)13-20(25)4/h8,11,13,18,21-24H,9-10,12,14-17H2,1-7H3,(H,32,34). The maximum absolute atomic E-state index is 13.3. The van der Waals surface area contributed by atoms with Gasteiger partial charge in [0.15, 0.2) is 0 Å². The van der Waals surface area contributed by atoms with Crippen LogP contribution in [0.2, 0.25) is 0 Å². The Morgan fingerprint density at radius 2 is 1.86 bits per heavy atom. The Bertz CT molecular complexity index is 1120. The normalized spacial score (nSPS) is 20.4. The summed E-state index contributed by atoms with van der Waals surface area (Å²) >= 11 is 0. The molecule has 1 aromatic carbocycles. The molecule has 2 aromatic rings. The monoisotopic (exact) mass is 508 g/mol. The van der Waals surface area contributed by atoms with E-state index in [0.717, 1.165) is 59.9 Å². The van der Waals surface area contributed by atoms with E-state index in [9.17, 15) is 9.59 Å². The SMILES string of the molecule is COC(=O)C(C)(C)CC(CC(=O)Nc1ccc(C)cc1C)c1noc(C2CC(CC(C)C)C2)c1C1CC1. The molecule has 1 aromatic heterocycles. The lowest BCUT2D eigenvalue weighted by molar-refractivity contribution is -0.151. The van der Waals surface area contributed by atoms with Gasteiger partial charge in [-0.3, -0.25) is 9.59 Å². The second kappa shape index (κ2) is 11.0. The number of esters is 1. The fourth-order valence-electron chi connectivity index (χ4n) is 6.12.